The number of hydrogen-bond acceptors (Lipinski definition) is 2. The largest absolute Gasteiger partial charge is 0.493 e. The monoisotopic (exact) mass is 405 g/mol. The van der Waals surface area contributed by atoms with E-state index in [9.17, 15) is 0 Å². The maximum Gasteiger partial charge on any atom is 0.125 e. The van der Waals surface area contributed by atoms with Crippen LogP contribution in [0, 0.1) is 13.8 Å². The summed E-state index contributed by atoms with van der Waals surface area (Å²) in [5, 5.41) is 1.15. The van der Waals surface area contributed by atoms with Crippen molar-refractivity contribution in [3.05, 3.63) is 23.3 Å². The first-order valence-electron chi connectivity index (χ1n) is 8.70. The number of hydrogen-bond donors (Lipinski definition) is 1. The summed E-state index contributed by atoms with van der Waals surface area (Å²) in [6.45, 7) is 4.94. The molecule has 23 heavy (non-hydrogen) atoms. The minimum absolute atomic E-state index is 0. The third-order valence-corrected chi connectivity index (χ3v) is 4.57. The molecule has 0 radical (unpaired) electrons. The van der Waals surface area contributed by atoms with E-state index >= 15 is 0 Å². The van der Waals surface area contributed by atoms with Gasteiger partial charge in [0.15, 0.2) is 0 Å². The summed E-state index contributed by atoms with van der Waals surface area (Å²) in [6.07, 6.45) is 12.0. The molecule has 2 N–H and O–H groups in total. The Morgan fingerprint density at radius 3 is 1.74 bits per heavy atom. The molecule has 4 heteroatoms. The minimum Gasteiger partial charge on any atom is -0.493 e. The predicted octanol–water partition coefficient (Wildman–Crippen LogP) is 6.59. The van der Waals surface area contributed by atoms with Crippen LogP contribution in [0.3, 0.4) is 0 Å². The number of anilines is 1. The van der Waals surface area contributed by atoms with Gasteiger partial charge >= 0.3 is 0 Å². The van der Waals surface area contributed by atoms with Crippen molar-refractivity contribution in [2.75, 3.05) is 17.7 Å². The summed E-state index contributed by atoms with van der Waals surface area (Å²) in [5.74, 6) is 1.01. The van der Waals surface area contributed by atoms with Crippen molar-refractivity contribution < 1.29 is 4.74 Å². The van der Waals surface area contributed by atoms with Gasteiger partial charge in [-0.25, -0.2) is 0 Å². The Kier molecular flexibility index (Phi) is 13.7. The summed E-state index contributed by atoms with van der Waals surface area (Å²) in [7, 11) is 0. The van der Waals surface area contributed by atoms with E-state index in [4.69, 9.17) is 10.5 Å². The van der Waals surface area contributed by atoms with Gasteiger partial charge in [-0.2, -0.15) is 0 Å². The lowest BCUT2D eigenvalue weighted by Gasteiger charge is -2.13. The highest BCUT2D eigenvalue weighted by atomic mass is 79.9. The van der Waals surface area contributed by atoms with Gasteiger partial charge in [0.1, 0.15) is 5.75 Å². The van der Waals surface area contributed by atoms with Crippen molar-refractivity contribution in [1.82, 2.24) is 0 Å². The second kappa shape index (κ2) is 14.0. The average molecular weight is 407 g/mol. The van der Waals surface area contributed by atoms with E-state index in [-0.39, 0.29) is 12.4 Å². The molecule has 0 atom stereocenters. The zero-order valence-corrected chi connectivity index (χ0v) is 17.1. The molecule has 134 valence electrons. The third-order valence-electron chi connectivity index (χ3n) is 4.01. The number of alkyl halides is 1. The summed E-state index contributed by atoms with van der Waals surface area (Å²) in [6, 6.07) is 3.97. The topological polar surface area (TPSA) is 35.2 Å². The van der Waals surface area contributed by atoms with Crippen LogP contribution < -0.4 is 10.5 Å². The van der Waals surface area contributed by atoms with Crippen LogP contribution in [0.5, 0.6) is 5.75 Å². The second-order valence-corrected chi connectivity index (χ2v) is 7.00. The van der Waals surface area contributed by atoms with E-state index in [1.165, 1.54) is 51.4 Å². The van der Waals surface area contributed by atoms with Crippen molar-refractivity contribution in [1.29, 1.82) is 0 Å². The highest BCUT2D eigenvalue weighted by Crippen LogP contribution is 2.26. The van der Waals surface area contributed by atoms with Gasteiger partial charge in [0.2, 0.25) is 0 Å². The van der Waals surface area contributed by atoms with E-state index in [1.807, 2.05) is 12.1 Å². The molecule has 0 saturated carbocycles. The van der Waals surface area contributed by atoms with Crippen LogP contribution in [-0.2, 0) is 0 Å². The lowest BCUT2D eigenvalue weighted by atomic mass is 10.1. The number of unbranched alkanes of at least 4 members (excludes halogenated alkanes) is 8. The number of rotatable bonds is 12. The average Bonchev–Trinajstić information content (AvgIpc) is 2.46. The van der Waals surface area contributed by atoms with Crippen LogP contribution in [0.4, 0.5) is 5.69 Å². The molecule has 0 saturated heterocycles. The Morgan fingerprint density at radius 1 is 0.826 bits per heavy atom. The molecule has 0 aliphatic carbocycles. The molecule has 0 aliphatic rings. The van der Waals surface area contributed by atoms with Crippen LogP contribution >= 0.6 is 28.3 Å². The molecule has 2 nitrogen and oxygen atoms in total. The van der Waals surface area contributed by atoms with Gasteiger partial charge in [0.25, 0.3) is 0 Å². The number of benzene rings is 1. The standard InChI is InChI=1S/C19H32BrNO.ClH/c1-16-14-18(21)15-17(2)19(16)22-13-11-9-7-5-3-4-6-8-10-12-20;/h14-15H,3-13,21H2,1-2H3;1H. The van der Waals surface area contributed by atoms with Gasteiger partial charge in [-0.05, 0) is 49.9 Å². The lowest BCUT2D eigenvalue weighted by Crippen LogP contribution is -2.01. The quantitative estimate of drug-likeness (QED) is 0.241. The molecule has 0 spiro atoms. The Hall–Kier alpha value is -0.410. The van der Waals surface area contributed by atoms with Crippen molar-refractivity contribution in [2.24, 2.45) is 0 Å². The highest BCUT2D eigenvalue weighted by molar-refractivity contribution is 9.09. The Balaban J connectivity index is 0.00000484. The van der Waals surface area contributed by atoms with E-state index in [0.29, 0.717) is 0 Å². The normalized spacial score (nSPS) is 10.4. The molecule has 1 aromatic rings. The van der Waals surface area contributed by atoms with E-state index in [2.05, 4.69) is 29.8 Å². The van der Waals surface area contributed by atoms with Crippen LogP contribution in [0.1, 0.15) is 68.9 Å². The Bertz CT molecular complexity index is 403. The van der Waals surface area contributed by atoms with Crippen LogP contribution in [0.2, 0.25) is 0 Å². The van der Waals surface area contributed by atoms with Gasteiger partial charge in [0.05, 0.1) is 6.61 Å². The fourth-order valence-electron chi connectivity index (χ4n) is 2.82. The Labute approximate surface area is 157 Å². The van der Waals surface area contributed by atoms with Gasteiger partial charge in [-0.1, -0.05) is 60.9 Å². The summed E-state index contributed by atoms with van der Waals surface area (Å²) < 4.78 is 5.93. The number of nitrogen functional groups attached to an aromatic ring is 1. The molecular formula is C19H33BrClNO. The lowest BCUT2D eigenvalue weighted by molar-refractivity contribution is 0.300. The predicted molar refractivity (Wildman–Crippen MR) is 108 cm³/mol. The smallest absolute Gasteiger partial charge is 0.125 e. The molecule has 0 amide bonds. The summed E-state index contributed by atoms with van der Waals surface area (Å²) in [4.78, 5) is 0. The number of nitrogens with two attached hydrogens (primary N) is 1. The molecule has 0 fully saturated rings. The molecule has 0 bridgehead atoms. The maximum atomic E-state index is 5.93. The van der Waals surface area contributed by atoms with Crippen LogP contribution in [-0.4, -0.2) is 11.9 Å². The van der Waals surface area contributed by atoms with E-state index < -0.39 is 0 Å². The molecular weight excluding hydrogens is 374 g/mol. The highest BCUT2D eigenvalue weighted by Gasteiger charge is 2.04. The van der Waals surface area contributed by atoms with Gasteiger partial charge < -0.3 is 10.5 Å². The zero-order valence-electron chi connectivity index (χ0n) is 14.7. The molecule has 0 unspecified atom stereocenters. The molecule has 0 aromatic heterocycles. The molecule has 1 aromatic carbocycles. The Morgan fingerprint density at radius 2 is 1.26 bits per heavy atom. The first kappa shape index (κ1) is 22.6. The molecule has 0 heterocycles. The van der Waals surface area contributed by atoms with Gasteiger partial charge in [-0.15, -0.1) is 12.4 Å². The van der Waals surface area contributed by atoms with Gasteiger partial charge in [-0.3, -0.25) is 0 Å². The SMILES string of the molecule is Cc1cc(N)cc(C)c1OCCCCCCCCCCCBr.Cl. The summed E-state index contributed by atoms with van der Waals surface area (Å²) >= 11 is 3.48. The van der Waals surface area contributed by atoms with E-state index in [1.54, 1.807) is 0 Å². The van der Waals surface area contributed by atoms with Crippen LogP contribution in [0.25, 0.3) is 0 Å². The number of halogens is 2. The van der Waals surface area contributed by atoms with Crippen molar-refractivity contribution in [3.63, 3.8) is 0 Å². The minimum atomic E-state index is 0. The first-order chi connectivity index (χ1) is 10.6. The maximum absolute atomic E-state index is 5.93. The second-order valence-electron chi connectivity index (χ2n) is 6.20. The van der Waals surface area contributed by atoms with Crippen molar-refractivity contribution >= 4 is 34.0 Å². The zero-order chi connectivity index (χ0) is 16.2. The molecule has 1 rings (SSSR count). The van der Waals surface area contributed by atoms with Crippen LogP contribution in [0.15, 0.2) is 12.1 Å². The third kappa shape index (κ3) is 10.1. The van der Waals surface area contributed by atoms with Crippen molar-refractivity contribution in [2.45, 2.75) is 71.6 Å². The fraction of sp³-hybridized carbons (Fsp3) is 0.684. The number of ether oxygens (including phenoxy) is 1. The first-order valence-corrected chi connectivity index (χ1v) is 9.82. The number of aryl methyl sites for hydroxylation is 2. The van der Waals surface area contributed by atoms with Gasteiger partial charge in [0, 0.05) is 11.0 Å². The fourth-order valence-corrected chi connectivity index (χ4v) is 3.22. The van der Waals surface area contributed by atoms with E-state index in [0.717, 1.165) is 40.9 Å². The van der Waals surface area contributed by atoms with Crippen molar-refractivity contribution in [3.8, 4) is 5.75 Å². The summed E-state index contributed by atoms with van der Waals surface area (Å²) in [5.41, 5.74) is 8.93. The molecule has 0 aliphatic heterocycles.